The molecule has 146 valence electrons. The van der Waals surface area contributed by atoms with E-state index in [4.69, 9.17) is 4.98 Å². The molecule has 0 aliphatic carbocycles. The third kappa shape index (κ3) is 3.74. The van der Waals surface area contributed by atoms with Gasteiger partial charge in [-0.2, -0.15) is 5.26 Å². The molecule has 5 nitrogen and oxygen atoms in total. The molecular formula is C22H19N3O2S2. The number of carbonyl (C=O) groups is 1. The van der Waals surface area contributed by atoms with Crippen LogP contribution in [0, 0.1) is 11.3 Å². The number of pyridine rings is 1. The topological polar surface area (TPSA) is 77.2 Å². The van der Waals surface area contributed by atoms with E-state index in [0.717, 1.165) is 53.0 Å². The van der Waals surface area contributed by atoms with E-state index in [1.807, 2.05) is 42.8 Å². The molecule has 1 aromatic carbocycles. The Morgan fingerprint density at radius 3 is 2.76 bits per heavy atom. The number of anilines is 1. The van der Waals surface area contributed by atoms with Gasteiger partial charge in [-0.1, -0.05) is 48.2 Å². The molecule has 0 bridgehead atoms. The fraction of sp³-hybridized carbons (Fsp3) is 0.227. The molecule has 1 atom stereocenters. The van der Waals surface area contributed by atoms with Crippen LogP contribution in [0.25, 0.3) is 10.4 Å². The van der Waals surface area contributed by atoms with Gasteiger partial charge in [-0.15, -0.1) is 11.3 Å². The van der Waals surface area contributed by atoms with Crippen molar-refractivity contribution >= 4 is 34.9 Å². The molecule has 4 rings (SSSR count). The number of carboxylic acids is 1. The first kappa shape index (κ1) is 19.5. The van der Waals surface area contributed by atoms with E-state index < -0.39 is 11.2 Å². The van der Waals surface area contributed by atoms with Gasteiger partial charge < -0.3 is 10.0 Å². The lowest BCUT2D eigenvalue weighted by Gasteiger charge is -2.29. The average molecular weight is 422 g/mol. The van der Waals surface area contributed by atoms with Gasteiger partial charge in [-0.25, -0.2) is 4.98 Å². The normalized spacial score (nSPS) is 14.1. The molecule has 3 aromatic rings. The maximum atomic E-state index is 12.0. The van der Waals surface area contributed by atoms with Crippen LogP contribution < -0.4 is 4.90 Å². The Bertz CT molecular complexity index is 1080. The van der Waals surface area contributed by atoms with Crippen molar-refractivity contribution in [1.29, 1.82) is 5.26 Å². The Hall–Kier alpha value is -2.82. The SMILES string of the molecule is CN1CCCc2c1nc(SC(C(=O)O)c1ccccc1)c(C#N)c2-c1cccs1. The van der Waals surface area contributed by atoms with Gasteiger partial charge in [0.25, 0.3) is 0 Å². The van der Waals surface area contributed by atoms with Crippen molar-refractivity contribution in [3.05, 3.63) is 64.5 Å². The first-order valence-electron chi connectivity index (χ1n) is 9.26. The number of thiophene rings is 1. The van der Waals surface area contributed by atoms with Crippen molar-refractivity contribution in [3.8, 4) is 16.5 Å². The lowest BCUT2D eigenvalue weighted by Crippen LogP contribution is -2.27. The van der Waals surface area contributed by atoms with Crippen LogP contribution in [0.3, 0.4) is 0 Å². The molecule has 2 aromatic heterocycles. The van der Waals surface area contributed by atoms with Gasteiger partial charge in [0.2, 0.25) is 0 Å². The summed E-state index contributed by atoms with van der Waals surface area (Å²) in [5.74, 6) is -0.103. The van der Waals surface area contributed by atoms with E-state index in [2.05, 4.69) is 11.0 Å². The number of rotatable bonds is 5. The zero-order chi connectivity index (χ0) is 20.4. The molecule has 7 heteroatoms. The van der Waals surface area contributed by atoms with E-state index in [0.29, 0.717) is 16.2 Å². The second kappa shape index (κ2) is 8.27. The Kier molecular flexibility index (Phi) is 5.56. The Labute approximate surface area is 177 Å². The molecule has 0 spiro atoms. The molecule has 0 fully saturated rings. The van der Waals surface area contributed by atoms with E-state index in [1.54, 1.807) is 23.5 Å². The highest BCUT2D eigenvalue weighted by Crippen LogP contribution is 2.44. The fourth-order valence-electron chi connectivity index (χ4n) is 3.62. The zero-order valence-corrected chi connectivity index (χ0v) is 17.5. The van der Waals surface area contributed by atoms with Crippen molar-refractivity contribution in [2.24, 2.45) is 0 Å². The Balaban J connectivity index is 1.89. The second-order valence-electron chi connectivity index (χ2n) is 6.83. The van der Waals surface area contributed by atoms with Crippen molar-refractivity contribution in [2.75, 3.05) is 18.5 Å². The highest BCUT2D eigenvalue weighted by atomic mass is 32.2. The summed E-state index contributed by atoms with van der Waals surface area (Å²) < 4.78 is 0. The highest BCUT2D eigenvalue weighted by Gasteiger charge is 2.29. The highest BCUT2D eigenvalue weighted by molar-refractivity contribution is 8.00. The van der Waals surface area contributed by atoms with Gasteiger partial charge in [-0.05, 0) is 29.9 Å². The Morgan fingerprint density at radius 1 is 1.31 bits per heavy atom. The summed E-state index contributed by atoms with van der Waals surface area (Å²) in [7, 11) is 2.00. The smallest absolute Gasteiger partial charge is 0.321 e. The molecule has 1 unspecified atom stereocenters. The van der Waals surface area contributed by atoms with Crippen LogP contribution in [0.5, 0.6) is 0 Å². The summed E-state index contributed by atoms with van der Waals surface area (Å²) in [4.78, 5) is 19.9. The summed E-state index contributed by atoms with van der Waals surface area (Å²) in [5.41, 5.74) is 3.13. The number of carboxylic acid groups (broad SMARTS) is 1. The van der Waals surface area contributed by atoms with Gasteiger partial charge in [0.1, 0.15) is 22.2 Å². The van der Waals surface area contributed by atoms with Crippen LogP contribution in [0.15, 0.2) is 52.9 Å². The molecule has 0 saturated heterocycles. The van der Waals surface area contributed by atoms with E-state index in [9.17, 15) is 15.2 Å². The van der Waals surface area contributed by atoms with Crippen LogP contribution in [0.4, 0.5) is 5.82 Å². The molecule has 0 amide bonds. The van der Waals surface area contributed by atoms with Gasteiger partial charge in [0, 0.05) is 29.6 Å². The summed E-state index contributed by atoms with van der Waals surface area (Å²) in [5, 5.41) is 21.5. The fourth-order valence-corrected chi connectivity index (χ4v) is 5.45. The third-order valence-corrected chi connectivity index (χ3v) is 7.08. The molecule has 0 saturated carbocycles. The molecule has 1 N–H and O–H groups in total. The predicted octanol–water partition coefficient (Wildman–Crippen LogP) is 4.98. The van der Waals surface area contributed by atoms with Crippen LogP contribution in [-0.4, -0.2) is 29.7 Å². The molecule has 0 radical (unpaired) electrons. The van der Waals surface area contributed by atoms with Crippen molar-refractivity contribution < 1.29 is 9.90 Å². The number of fused-ring (bicyclic) bond motifs is 1. The number of aliphatic carboxylic acids is 1. The van der Waals surface area contributed by atoms with Gasteiger partial charge in [-0.3, -0.25) is 4.79 Å². The summed E-state index contributed by atoms with van der Waals surface area (Å²) >= 11 is 2.72. The summed E-state index contributed by atoms with van der Waals surface area (Å²) in [6.45, 7) is 0.890. The molecule has 1 aliphatic heterocycles. The number of aromatic nitrogens is 1. The van der Waals surface area contributed by atoms with E-state index in [-0.39, 0.29) is 0 Å². The van der Waals surface area contributed by atoms with Crippen molar-refractivity contribution in [2.45, 2.75) is 23.1 Å². The molecule has 3 heterocycles. The number of thioether (sulfide) groups is 1. The lowest BCUT2D eigenvalue weighted by molar-refractivity contribution is -0.136. The molecule has 1 aliphatic rings. The number of hydrogen-bond donors (Lipinski definition) is 1. The predicted molar refractivity (Wildman–Crippen MR) is 117 cm³/mol. The van der Waals surface area contributed by atoms with Crippen LogP contribution in [0.2, 0.25) is 0 Å². The number of benzene rings is 1. The largest absolute Gasteiger partial charge is 0.480 e. The standard InChI is InChI=1S/C22H19N3O2S2/c1-25-11-5-9-15-18(17-10-6-12-28-17)16(13-23)21(24-20(15)25)29-19(22(26)27)14-7-3-2-4-8-14/h2-4,6-8,10,12,19H,5,9,11H2,1H3,(H,26,27). The lowest BCUT2D eigenvalue weighted by atomic mass is 9.96. The number of nitriles is 1. The van der Waals surface area contributed by atoms with Crippen LogP contribution in [0.1, 0.15) is 28.4 Å². The van der Waals surface area contributed by atoms with Crippen LogP contribution in [-0.2, 0) is 11.2 Å². The van der Waals surface area contributed by atoms with Crippen molar-refractivity contribution in [1.82, 2.24) is 4.98 Å². The zero-order valence-electron chi connectivity index (χ0n) is 15.8. The first-order valence-corrected chi connectivity index (χ1v) is 11.0. The monoisotopic (exact) mass is 421 g/mol. The van der Waals surface area contributed by atoms with Crippen LogP contribution >= 0.6 is 23.1 Å². The number of hydrogen-bond acceptors (Lipinski definition) is 6. The van der Waals surface area contributed by atoms with E-state index in [1.165, 1.54) is 0 Å². The number of nitrogens with zero attached hydrogens (tertiary/aromatic N) is 3. The summed E-state index contributed by atoms with van der Waals surface area (Å²) in [6, 6.07) is 15.4. The molecule has 29 heavy (non-hydrogen) atoms. The maximum Gasteiger partial charge on any atom is 0.321 e. The van der Waals surface area contributed by atoms with Gasteiger partial charge in [0.05, 0.1) is 5.56 Å². The van der Waals surface area contributed by atoms with E-state index >= 15 is 0 Å². The van der Waals surface area contributed by atoms with Gasteiger partial charge >= 0.3 is 5.97 Å². The first-order chi connectivity index (χ1) is 14.1. The maximum absolute atomic E-state index is 12.0. The quantitative estimate of drug-likeness (QED) is 0.585. The second-order valence-corrected chi connectivity index (χ2v) is 8.87. The minimum absolute atomic E-state index is 0.466. The summed E-state index contributed by atoms with van der Waals surface area (Å²) in [6.07, 6.45) is 1.86. The average Bonchev–Trinajstić information content (AvgIpc) is 3.26. The van der Waals surface area contributed by atoms with Gasteiger partial charge in [0.15, 0.2) is 0 Å². The van der Waals surface area contributed by atoms with Crippen molar-refractivity contribution in [3.63, 3.8) is 0 Å². The minimum atomic E-state index is -0.948. The molecular weight excluding hydrogens is 402 g/mol. The third-order valence-electron chi connectivity index (χ3n) is 4.96. The Morgan fingerprint density at radius 2 is 2.10 bits per heavy atom. The minimum Gasteiger partial charge on any atom is -0.480 e.